The van der Waals surface area contributed by atoms with Crippen molar-refractivity contribution >= 4 is 6.09 Å². The average molecular weight is 260 g/mol. The molecule has 102 valence electrons. The van der Waals surface area contributed by atoms with Gasteiger partial charge in [-0.1, -0.05) is 30.3 Å². The highest BCUT2D eigenvalue weighted by Crippen LogP contribution is 2.40. The van der Waals surface area contributed by atoms with E-state index < -0.39 is 6.09 Å². The van der Waals surface area contributed by atoms with E-state index in [-0.39, 0.29) is 12.1 Å². The zero-order valence-electron chi connectivity index (χ0n) is 11.2. The Bertz CT molecular complexity index is 462. The van der Waals surface area contributed by atoms with E-state index in [4.69, 9.17) is 0 Å². The van der Waals surface area contributed by atoms with E-state index >= 15 is 0 Å². The Morgan fingerprint density at radius 3 is 2.74 bits per heavy atom. The van der Waals surface area contributed by atoms with Crippen molar-refractivity contribution in [2.24, 2.45) is 0 Å². The van der Waals surface area contributed by atoms with Gasteiger partial charge in [0, 0.05) is 18.6 Å². The fourth-order valence-electron chi connectivity index (χ4n) is 3.72. The van der Waals surface area contributed by atoms with E-state index in [0.29, 0.717) is 6.04 Å². The van der Waals surface area contributed by atoms with Gasteiger partial charge in [0.25, 0.3) is 0 Å². The van der Waals surface area contributed by atoms with E-state index in [0.717, 1.165) is 25.8 Å². The zero-order chi connectivity index (χ0) is 13.4. The summed E-state index contributed by atoms with van der Waals surface area (Å²) < 4.78 is 0. The molecule has 2 aliphatic rings. The van der Waals surface area contributed by atoms with Gasteiger partial charge in [-0.2, -0.15) is 0 Å². The maximum absolute atomic E-state index is 11.3. The first-order chi connectivity index (χ1) is 9.16. The van der Waals surface area contributed by atoms with E-state index in [2.05, 4.69) is 24.1 Å². The molecule has 2 fully saturated rings. The SMILES string of the molecule is CN(Cc1ccccc1)C1C[C@H]2CC[C@@H]1N2C(=O)O. The molecule has 0 saturated carbocycles. The van der Waals surface area contributed by atoms with Gasteiger partial charge >= 0.3 is 6.09 Å². The molecule has 1 unspecified atom stereocenters. The Morgan fingerprint density at radius 1 is 1.37 bits per heavy atom. The first kappa shape index (κ1) is 12.5. The first-order valence-electron chi connectivity index (χ1n) is 6.92. The second-order valence-corrected chi connectivity index (χ2v) is 5.69. The Labute approximate surface area is 113 Å². The van der Waals surface area contributed by atoms with Crippen LogP contribution in [0.2, 0.25) is 0 Å². The lowest BCUT2D eigenvalue weighted by molar-refractivity contribution is 0.126. The zero-order valence-corrected chi connectivity index (χ0v) is 11.2. The highest BCUT2D eigenvalue weighted by molar-refractivity contribution is 5.67. The van der Waals surface area contributed by atoms with Crippen LogP contribution >= 0.6 is 0 Å². The second kappa shape index (κ2) is 4.85. The standard InChI is InChI=1S/C15H20N2O2/c1-16(10-11-5-3-2-4-6-11)14-9-12-7-8-13(14)17(12)15(18)19/h2-6,12-14H,7-10H2,1H3,(H,18,19)/t12-,13+,14?/m1/s1. The number of hydrogen-bond donors (Lipinski definition) is 1. The van der Waals surface area contributed by atoms with Crippen molar-refractivity contribution in [3.8, 4) is 0 Å². The lowest BCUT2D eigenvalue weighted by Crippen LogP contribution is -2.43. The Morgan fingerprint density at radius 2 is 2.11 bits per heavy atom. The average Bonchev–Trinajstić information content (AvgIpc) is 2.97. The smallest absolute Gasteiger partial charge is 0.407 e. The number of fused-ring (bicyclic) bond motifs is 2. The van der Waals surface area contributed by atoms with Crippen molar-refractivity contribution in [2.75, 3.05) is 7.05 Å². The molecule has 2 bridgehead atoms. The Hall–Kier alpha value is -1.55. The van der Waals surface area contributed by atoms with Crippen molar-refractivity contribution in [3.05, 3.63) is 35.9 Å². The molecule has 1 aromatic rings. The van der Waals surface area contributed by atoms with Crippen molar-refractivity contribution in [2.45, 2.75) is 43.9 Å². The molecule has 1 amide bonds. The minimum Gasteiger partial charge on any atom is -0.465 e. The van der Waals surface area contributed by atoms with Crippen molar-refractivity contribution < 1.29 is 9.90 Å². The molecular weight excluding hydrogens is 240 g/mol. The number of carboxylic acid groups (broad SMARTS) is 1. The number of likely N-dealkylation sites (N-methyl/N-ethyl adjacent to an activating group) is 1. The van der Waals surface area contributed by atoms with Gasteiger partial charge in [0.15, 0.2) is 0 Å². The molecule has 4 heteroatoms. The Kier molecular flexibility index (Phi) is 3.19. The van der Waals surface area contributed by atoms with Crippen molar-refractivity contribution in [3.63, 3.8) is 0 Å². The lowest BCUT2D eigenvalue weighted by atomic mass is 9.94. The fourth-order valence-corrected chi connectivity index (χ4v) is 3.72. The predicted octanol–water partition coefficient (Wildman–Crippen LogP) is 2.40. The van der Waals surface area contributed by atoms with E-state index in [1.165, 1.54) is 5.56 Å². The van der Waals surface area contributed by atoms with Crippen LogP contribution < -0.4 is 0 Å². The first-order valence-corrected chi connectivity index (χ1v) is 6.92. The number of carbonyl (C=O) groups is 1. The summed E-state index contributed by atoms with van der Waals surface area (Å²) >= 11 is 0. The quantitative estimate of drug-likeness (QED) is 0.907. The summed E-state index contributed by atoms with van der Waals surface area (Å²) in [7, 11) is 2.11. The third-order valence-electron chi connectivity index (χ3n) is 4.57. The Balaban J connectivity index is 1.69. The van der Waals surface area contributed by atoms with Gasteiger partial charge in [0.05, 0.1) is 6.04 Å². The van der Waals surface area contributed by atoms with Gasteiger partial charge in [-0.15, -0.1) is 0 Å². The summed E-state index contributed by atoms with van der Waals surface area (Å²) in [6.07, 6.45) is 2.29. The van der Waals surface area contributed by atoms with Crippen LogP contribution in [0.4, 0.5) is 4.79 Å². The van der Waals surface area contributed by atoms with Crippen LogP contribution in [-0.2, 0) is 6.54 Å². The van der Waals surface area contributed by atoms with Crippen LogP contribution in [0.5, 0.6) is 0 Å². The van der Waals surface area contributed by atoms with Gasteiger partial charge in [-0.3, -0.25) is 4.90 Å². The summed E-state index contributed by atoms with van der Waals surface area (Å²) in [6.45, 7) is 0.891. The highest BCUT2D eigenvalue weighted by atomic mass is 16.4. The van der Waals surface area contributed by atoms with Crippen LogP contribution in [0.3, 0.4) is 0 Å². The molecule has 0 aliphatic carbocycles. The normalized spacial score (nSPS) is 29.2. The monoisotopic (exact) mass is 260 g/mol. The van der Waals surface area contributed by atoms with Crippen LogP contribution in [0.25, 0.3) is 0 Å². The third-order valence-corrected chi connectivity index (χ3v) is 4.57. The van der Waals surface area contributed by atoms with Gasteiger partial charge in [-0.25, -0.2) is 4.79 Å². The number of nitrogens with zero attached hydrogens (tertiary/aromatic N) is 2. The summed E-state index contributed by atoms with van der Waals surface area (Å²) in [5, 5.41) is 9.29. The number of amides is 1. The van der Waals surface area contributed by atoms with Crippen LogP contribution in [-0.4, -0.2) is 46.2 Å². The summed E-state index contributed by atoms with van der Waals surface area (Å²) in [6, 6.07) is 11.2. The maximum Gasteiger partial charge on any atom is 0.407 e. The van der Waals surface area contributed by atoms with Gasteiger partial charge in [0.2, 0.25) is 0 Å². The largest absolute Gasteiger partial charge is 0.465 e. The minimum absolute atomic E-state index is 0.191. The fraction of sp³-hybridized carbons (Fsp3) is 0.533. The second-order valence-electron chi connectivity index (χ2n) is 5.69. The summed E-state index contributed by atoms with van der Waals surface area (Å²) in [5.74, 6) is 0. The molecule has 1 aromatic carbocycles. The van der Waals surface area contributed by atoms with Gasteiger partial charge < -0.3 is 10.0 Å². The molecule has 2 saturated heterocycles. The van der Waals surface area contributed by atoms with Gasteiger partial charge in [-0.05, 0) is 31.9 Å². The molecule has 1 N–H and O–H groups in total. The van der Waals surface area contributed by atoms with Crippen LogP contribution in [0.15, 0.2) is 30.3 Å². The number of benzene rings is 1. The molecular formula is C15H20N2O2. The van der Waals surface area contributed by atoms with Crippen molar-refractivity contribution in [1.82, 2.24) is 9.80 Å². The molecule has 3 rings (SSSR count). The molecule has 19 heavy (non-hydrogen) atoms. The summed E-state index contributed by atoms with van der Waals surface area (Å²) in [4.78, 5) is 15.3. The minimum atomic E-state index is -0.747. The maximum atomic E-state index is 11.3. The molecule has 2 heterocycles. The van der Waals surface area contributed by atoms with Crippen LogP contribution in [0.1, 0.15) is 24.8 Å². The van der Waals surface area contributed by atoms with E-state index in [1.807, 2.05) is 18.2 Å². The molecule has 3 atom stereocenters. The molecule has 0 aromatic heterocycles. The van der Waals surface area contributed by atoms with E-state index in [1.54, 1.807) is 4.90 Å². The molecule has 0 radical (unpaired) electrons. The van der Waals surface area contributed by atoms with Crippen molar-refractivity contribution in [1.29, 1.82) is 0 Å². The molecule has 2 aliphatic heterocycles. The lowest BCUT2D eigenvalue weighted by Gasteiger charge is -2.31. The van der Waals surface area contributed by atoms with Crippen LogP contribution in [0, 0.1) is 0 Å². The molecule has 4 nitrogen and oxygen atoms in total. The third kappa shape index (κ3) is 2.21. The highest BCUT2D eigenvalue weighted by Gasteiger charge is 2.49. The summed E-state index contributed by atoms with van der Waals surface area (Å²) in [5.41, 5.74) is 1.29. The predicted molar refractivity (Wildman–Crippen MR) is 73.0 cm³/mol. The van der Waals surface area contributed by atoms with Gasteiger partial charge in [0.1, 0.15) is 0 Å². The molecule has 0 spiro atoms. The number of hydrogen-bond acceptors (Lipinski definition) is 2. The number of rotatable bonds is 3. The topological polar surface area (TPSA) is 43.8 Å². The van der Waals surface area contributed by atoms with E-state index in [9.17, 15) is 9.90 Å².